The van der Waals surface area contributed by atoms with Crippen molar-refractivity contribution in [1.82, 2.24) is 9.62 Å². The normalized spacial score (nSPS) is 20.9. The first-order valence-electron chi connectivity index (χ1n) is 6.75. The minimum Gasteiger partial charge on any atom is -0.389 e. The van der Waals surface area contributed by atoms with Crippen LogP contribution in [0, 0.1) is 0 Å². The number of hydrogen-bond acceptors (Lipinski definition) is 5. The molecule has 0 saturated carbocycles. The molecule has 1 fully saturated rings. The van der Waals surface area contributed by atoms with Gasteiger partial charge in [0.25, 0.3) is 0 Å². The Morgan fingerprint density at radius 2 is 1.95 bits per heavy atom. The fraction of sp³-hybridized carbons (Fsp3) is 1.00. The van der Waals surface area contributed by atoms with E-state index in [4.69, 9.17) is 4.74 Å². The zero-order valence-electron chi connectivity index (χ0n) is 12.0. The molecule has 7 heteroatoms. The Morgan fingerprint density at radius 1 is 1.37 bits per heavy atom. The molecule has 2 N–H and O–H groups in total. The number of hydrogen-bond donors (Lipinski definition) is 2. The average molecular weight is 294 g/mol. The van der Waals surface area contributed by atoms with Gasteiger partial charge >= 0.3 is 0 Å². The van der Waals surface area contributed by atoms with Gasteiger partial charge in [-0.15, -0.1) is 0 Å². The molecule has 114 valence electrons. The Bertz CT molecular complexity index is 351. The van der Waals surface area contributed by atoms with E-state index in [1.807, 2.05) is 13.8 Å². The summed E-state index contributed by atoms with van der Waals surface area (Å²) in [6.45, 7) is 6.40. The fourth-order valence-corrected chi connectivity index (χ4v) is 3.03. The molecule has 0 bridgehead atoms. The maximum absolute atomic E-state index is 11.1. The van der Waals surface area contributed by atoms with Crippen LogP contribution in [0.15, 0.2) is 0 Å². The zero-order valence-corrected chi connectivity index (χ0v) is 12.8. The van der Waals surface area contributed by atoms with Crippen molar-refractivity contribution in [3.8, 4) is 0 Å². The molecule has 1 aliphatic heterocycles. The Balaban J connectivity index is 2.23. The van der Waals surface area contributed by atoms with Gasteiger partial charge in [-0.05, 0) is 39.8 Å². The van der Waals surface area contributed by atoms with E-state index in [1.165, 1.54) is 6.26 Å². The van der Waals surface area contributed by atoms with Crippen molar-refractivity contribution in [2.75, 3.05) is 32.5 Å². The first-order chi connectivity index (χ1) is 8.76. The molecule has 1 aliphatic rings. The molecule has 1 unspecified atom stereocenters. The summed E-state index contributed by atoms with van der Waals surface area (Å²) in [5, 5.41) is 9.82. The zero-order chi connectivity index (χ0) is 14.5. The Labute approximate surface area is 116 Å². The number of aliphatic hydroxyl groups is 1. The molecule has 1 rings (SSSR count). The number of rotatable bonds is 7. The Hall–Kier alpha value is -0.210. The maximum atomic E-state index is 11.1. The fourth-order valence-electron chi connectivity index (χ4n) is 2.19. The highest BCUT2D eigenvalue weighted by molar-refractivity contribution is 7.88. The van der Waals surface area contributed by atoms with Crippen molar-refractivity contribution >= 4 is 10.0 Å². The van der Waals surface area contributed by atoms with E-state index in [-0.39, 0.29) is 12.1 Å². The second-order valence-electron chi connectivity index (χ2n) is 5.50. The van der Waals surface area contributed by atoms with Gasteiger partial charge in [-0.2, -0.15) is 0 Å². The summed E-state index contributed by atoms with van der Waals surface area (Å²) in [7, 11) is -3.12. The number of nitrogens with zero attached hydrogens (tertiary/aromatic N) is 1. The average Bonchev–Trinajstić information content (AvgIpc) is 2.27. The minimum absolute atomic E-state index is 0.0234. The van der Waals surface area contributed by atoms with Crippen LogP contribution in [0.25, 0.3) is 0 Å². The largest absolute Gasteiger partial charge is 0.389 e. The van der Waals surface area contributed by atoms with Gasteiger partial charge in [-0.1, -0.05) is 0 Å². The molecule has 0 aliphatic carbocycles. The topological polar surface area (TPSA) is 78.9 Å². The highest BCUT2D eigenvalue weighted by Gasteiger charge is 2.22. The molecule has 0 aromatic rings. The number of piperidine rings is 1. The third-order valence-electron chi connectivity index (χ3n) is 3.06. The highest BCUT2D eigenvalue weighted by Crippen LogP contribution is 2.11. The number of β-amino-alcohol motifs (C(OH)–C–C–N with tert-alkyl or cyclic N) is 1. The molecule has 19 heavy (non-hydrogen) atoms. The summed E-state index contributed by atoms with van der Waals surface area (Å²) in [5.74, 6) is 0. The van der Waals surface area contributed by atoms with Gasteiger partial charge in [0.15, 0.2) is 0 Å². The van der Waals surface area contributed by atoms with Crippen molar-refractivity contribution < 1.29 is 18.3 Å². The van der Waals surface area contributed by atoms with Gasteiger partial charge in [0.1, 0.15) is 0 Å². The number of nitrogens with one attached hydrogen (secondary N) is 1. The lowest BCUT2D eigenvalue weighted by molar-refractivity contribution is -0.0112. The predicted molar refractivity (Wildman–Crippen MR) is 74.5 cm³/mol. The quantitative estimate of drug-likeness (QED) is 0.679. The Morgan fingerprint density at radius 3 is 2.42 bits per heavy atom. The van der Waals surface area contributed by atoms with Crippen LogP contribution >= 0.6 is 0 Å². The van der Waals surface area contributed by atoms with Crippen molar-refractivity contribution in [2.24, 2.45) is 0 Å². The lowest BCUT2D eigenvalue weighted by atomic mass is 10.1. The molecule has 0 aromatic heterocycles. The molecule has 6 nitrogen and oxygen atoms in total. The second kappa shape index (κ2) is 7.54. The number of aliphatic hydroxyl groups excluding tert-OH is 1. The van der Waals surface area contributed by atoms with Crippen molar-refractivity contribution in [3.05, 3.63) is 0 Å². The van der Waals surface area contributed by atoms with E-state index in [1.54, 1.807) is 0 Å². The molecule has 1 atom stereocenters. The van der Waals surface area contributed by atoms with Gasteiger partial charge in [-0.25, -0.2) is 13.1 Å². The van der Waals surface area contributed by atoms with E-state index in [9.17, 15) is 13.5 Å². The van der Waals surface area contributed by atoms with E-state index >= 15 is 0 Å². The van der Waals surface area contributed by atoms with E-state index < -0.39 is 16.1 Å². The standard InChI is InChI=1S/C12H26N2O4S/c1-10(2)18-9-12(15)8-14-6-4-11(5-7-14)13-19(3,16)17/h10-13,15H,4-9H2,1-3H3. The monoisotopic (exact) mass is 294 g/mol. The molecule has 0 aromatic carbocycles. The Kier molecular flexibility index (Phi) is 6.68. The van der Waals surface area contributed by atoms with Crippen LogP contribution < -0.4 is 4.72 Å². The van der Waals surface area contributed by atoms with Gasteiger partial charge < -0.3 is 14.7 Å². The van der Waals surface area contributed by atoms with Crippen LogP contribution in [0.2, 0.25) is 0 Å². The van der Waals surface area contributed by atoms with Crippen LogP contribution in [0.1, 0.15) is 26.7 Å². The minimum atomic E-state index is -3.12. The molecule has 0 spiro atoms. The third kappa shape index (κ3) is 7.84. The first-order valence-corrected chi connectivity index (χ1v) is 8.64. The molecule has 1 saturated heterocycles. The van der Waals surface area contributed by atoms with E-state index in [0.29, 0.717) is 13.2 Å². The van der Waals surface area contributed by atoms with Gasteiger partial charge in [-0.3, -0.25) is 0 Å². The number of sulfonamides is 1. The highest BCUT2D eigenvalue weighted by atomic mass is 32.2. The third-order valence-corrected chi connectivity index (χ3v) is 3.82. The lowest BCUT2D eigenvalue weighted by Gasteiger charge is -2.33. The summed E-state index contributed by atoms with van der Waals surface area (Å²) < 4.78 is 30.2. The van der Waals surface area contributed by atoms with Crippen LogP contribution in [0.4, 0.5) is 0 Å². The smallest absolute Gasteiger partial charge is 0.208 e. The van der Waals surface area contributed by atoms with E-state index in [2.05, 4.69) is 9.62 Å². The van der Waals surface area contributed by atoms with Gasteiger partial charge in [0.05, 0.1) is 25.1 Å². The lowest BCUT2D eigenvalue weighted by Crippen LogP contribution is -2.46. The predicted octanol–water partition coefficient (Wildman–Crippen LogP) is -0.214. The number of likely N-dealkylation sites (tertiary alicyclic amines) is 1. The van der Waals surface area contributed by atoms with Gasteiger partial charge in [0, 0.05) is 12.6 Å². The molecular weight excluding hydrogens is 268 g/mol. The first kappa shape index (κ1) is 16.8. The number of ether oxygens (including phenoxy) is 1. The summed E-state index contributed by atoms with van der Waals surface area (Å²) in [6, 6.07) is 0.0234. The van der Waals surface area contributed by atoms with Crippen molar-refractivity contribution in [2.45, 2.75) is 44.9 Å². The summed E-state index contributed by atoms with van der Waals surface area (Å²) in [6.07, 6.45) is 2.39. The van der Waals surface area contributed by atoms with Crippen LogP contribution in [0.3, 0.4) is 0 Å². The molecule has 0 amide bonds. The summed E-state index contributed by atoms with van der Waals surface area (Å²) in [4.78, 5) is 2.15. The van der Waals surface area contributed by atoms with Crippen LogP contribution in [0.5, 0.6) is 0 Å². The SMILES string of the molecule is CC(C)OCC(O)CN1CCC(NS(C)(=O)=O)CC1. The van der Waals surface area contributed by atoms with Crippen molar-refractivity contribution in [3.63, 3.8) is 0 Å². The molecule has 1 heterocycles. The van der Waals surface area contributed by atoms with Gasteiger partial charge in [0.2, 0.25) is 10.0 Å². The second-order valence-corrected chi connectivity index (χ2v) is 7.28. The molecular formula is C12H26N2O4S. The van der Waals surface area contributed by atoms with Crippen LogP contribution in [-0.2, 0) is 14.8 Å². The van der Waals surface area contributed by atoms with Crippen LogP contribution in [-0.4, -0.2) is 69.2 Å². The molecule has 0 radical (unpaired) electrons. The summed E-state index contributed by atoms with van der Waals surface area (Å²) in [5.41, 5.74) is 0. The van der Waals surface area contributed by atoms with Crippen molar-refractivity contribution in [1.29, 1.82) is 0 Å². The summed E-state index contributed by atoms with van der Waals surface area (Å²) >= 11 is 0. The van der Waals surface area contributed by atoms with E-state index in [0.717, 1.165) is 25.9 Å². The maximum Gasteiger partial charge on any atom is 0.208 e.